The molecule has 1 amide bonds. The van der Waals surface area contributed by atoms with Crippen LogP contribution in [0, 0.1) is 11.3 Å². The van der Waals surface area contributed by atoms with Crippen molar-refractivity contribution in [3.05, 3.63) is 58.7 Å². The lowest BCUT2D eigenvalue weighted by Gasteiger charge is -2.16. The lowest BCUT2D eigenvalue weighted by molar-refractivity contribution is -0.113. The van der Waals surface area contributed by atoms with Gasteiger partial charge < -0.3 is 5.32 Å². The first-order valence-corrected chi connectivity index (χ1v) is 13.2. The molecule has 0 fully saturated rings. The molecule has 0 atom stereocenters. The molecule has 1 aliphatic rings. The summed E-state index contributed by atoms with van der Waals surface area (Å²) in [6, 6.07) is 9.94. The second-order valence-corrected chi connectivity index (χ2v) is 10.6. The van der Waals surface area contributed by atoms with Crippen LogP contribution >= 0.6 is 23.1 Å². The molecule has 11 heteroatoms. The minimum absolute atomic E-state index is 0.0667. The Hall–Kier alpha value is -2.94. The number of aryl methyl sites for hydroxylation is 2. The highest BCUT2D eigenvalue weighted by Gasteiger charge is 2.17. The second kappa shape index (κ2) is 9.68. The topological polar surface area (TPSA) is 125 Å². The highest BCUT2D eigenvalue weighted by molar-refractivity contribution is 8.00. The molecule has 0 spiro atoms. The minimum atomic E-state index is -3.75. The average molecular weight is 486 g/mol. The summed E-state index contributed by atoms with van der Waals surface area (Å²) in [4.78, 5) is 21.0. The van der Waals surface area contributed by atoms with Crippen LogP contribution in [0.3, 0.4) is 0 Å². The molecule has 0 saturated carbocycles. The van der Waals surface area contributed by atoms with E-state index in [1.165, 1.54) is 53.6 Å². The number of nitrogens with one attached hydrogen (secondary N) is 2. The zero-order valence-corrected chi connectivity index (χ0v) is 19.3. The number of amides is 1. The zero-order valence-electron chi connectivity index (χ0n) is 16.9. The number of carbonyl (C=O) groups is 1. The fourth-order valence-electron chi connectivity index (χ4n) is 3.30. The van der Waals surface area contributed by atoms with E-state index in [4.69, 9.17) is 0 Å². The molecule has 164 valence electrons. The zero-order chi connectivity index (χ0) is 22.6. The molecule has 8 nitrogen and oxygen atoms in total. The average Bonchev–Trinajstić information content (AvgIpc) is 3.29. The van der Waals surface area contributed by atoms with Gasteiger partial charge in [-0.2, -0.15) is 5.26 Å². The van der Waals surface area contributed by atoms with Gasteiger partial charge in [0.2, 0.25) is 5.91 Å². The van der Waals surface area contributed by atoms with Crippen molar-refractivity contribution in [1.82, 2.24) is 9.97 Å². The van der Waals surface area contributed by atoms with Crippen molar-refractivity contribution in [1.29, 1.82) is 5.26 Å². The summed E-state index contributed by atoms with van der Waals surface area (Å²) in [5.74, 6) is -0.179. The summed E-state index contributed by atoms with van der Waals surface area (Å²) in [7, 11) is -3.75. The molecule has 1 aliphatic carbocycles. The first kappa shape index (κ1) is 22.3. The van der Waals surface area contributed by atoms with Crippen molar-refractivity contribution in [3.8, 4) is 6.07 Å². The first-order chi connectivity index (χ1) is 15.4. The molecule has 1 aromatic carbocycles. The van der Waals surface area contributed by atoms with Crippen molar-refractivity contribution in [2.75, 3.05) is 15.8 Å². The van der Waals surface area contributed by atoms with E-state index in [2.05, 4.69) is 26.1 Å². The Bertz CT molecular complexity index is 1270. The van der Waals surface area contributed by atoms with Gasteiger partial charge in [0, 0.05) is 23.0 Å². The van der Waals surface area contributed by atoms with Crippen LogP contribution in [0.4, 0.5) is 10.8 Å². The van der Waals surface area contributed by atoms with E-state index in [0.29, 0.717) is 16.3 Å². The third-order valence-corrected chi connectivity index (χ3v) is 7.99. The number of sulfonamides is 1. The highest BCUT2D eigenvalue weighted by Crippen LogP contribution is 2.27. The number of fused-ring (bicyclic) bond motifs is 1. The quantitative estimate of drug-likeness (QED) is 0.487. The maximum absolute atomic E-state index is 12.4. The third-order valence-electron chi connectivity index (χ3n) is 4.83. The SMILES string of the molecule is N#Cc1cc2c(nc1SCC(=O)Nc1ccc(S(=O)(=O)Nc3nccs3)cc1)CCCC2. The van der Waals surface area contributed by atoms with Crippen LogP contribution in [-0.4, -0.2) is 30.0 Å². The van der Waals surface area contributed by atoms with E-state index in [1.807, 2.05) is 6.07 Å². The second-order valence-electron chi connectivity index (χ2n) is 7.07. The maximum atomic E-state index is 12.4. The Labute approximate surface area is 194 Å². The molecule has 0 unspecified atom stereocenters. The van der Waals surface area contributed by atoms with Gasteiger partial charge in [-0.25, -0.2) is 18.4 Å². The first-order valence-electron chi connectivity index (χ1n) is 9.82. The number of thioether (sulfide) groups is 1. The van der Waals surface area contributed by atoms with Gasteiger partial charge in [-0.05, 0) is 61.6 Å². The van der Waals surface area contributed by atoms with E-state index >= 15 is 0 Å². The van der Waals surface area contributed by atoms with E-state index in [9.17, 15) is 18.5 Å². The van der Waals surface area contributed by atoms with Gasteiger partial charge in [-0.15, -0.1) is 11.3 Å². The van der Waals surface area contributed by atoms with Crippen LogP contribution in [-0.2, 0) is 27.7 Å². The largest absolute Gasteiger partial charge is 0.325 e. The molecular weight excluding hydrogens is 466 g/mol. The van der Waals surface area contributed by atoms with Gasteiger partial charge >= 0.3 is 0 Å². The number of hydrogen-bond acceptors (Lipinski definition) is 8. The van der Waals surface area contributed by atoms with Gasteiger partial charge in [0.05, 0.1) is 16.2 Å². The Morgan fingerprint density at radius 2 is 2.00 bits per heavy atom. The lowest BCUT2D eigenvalue weighted by atomic mass is 9.95. The predicted molar refractivity (Wildman–Crippen MR) is 124 cm³/mol. The molecule has 32 heavy (non-hydrogen) atoms. The normalized spacial score (nSPS) is 13.1. The summed E-state index contributed by atoms with van der Waals surface area (Å²) < 4.78 is 27.2. The van der Waals surface area contributed by atoms with E-state index < -0.39 is 10.0 Å². The van der Waals surface area contributed by atoms with Crippen LogP contribution in [0.1, 0.15) is 29.7 Å². The van der Waals surface area contributed by atoms with Gasteiger partial charge in [0.25, 0.3) is 10.0 Å². The van der Waals surface area contributed by atoms with Crippen molar-refractivity contribution >= 4 is 49.8 Å². The molecule has 0 aliphatic heterocycles. The number of carbonyl (C=O) groups excluding carboxylic acids is 1. The number of pyridine rings is 1. The van der Waals surface area contributed by atoms with E-state index in [1.54, 1.807) is 5.38 Å². The van der Waals surface area contributed by atoms with Gasteiger partial charge in [-0.1, -0.05) is 11.8 Å². The number of nitrogens with zero attached hydrogens (tertiary/aromatic N) is 3. The summed E-state index contributed by atoms with van der Waals surface area (Å²) in [6.45, 7) is 0. The maximum Gasteiger partial charge on any atom is 0.263 e. The summed E-state index contributed by atoms with van der Waals surface area (Å²) in [6.07, 6.45) is 5.54. The molecule has 0 radical (unpaired) electrons. The fourth-order valence-corrected chi connectivity index (χ4v) is 5.86. The smallest absolute Gasteiger partial charge is 0.263 e. The van der Waals surface area contributed by atoms with Gasteiger partial charge in [0.15, 0.2) is 5.13 Å². The van der Waals surface area contributed by atoms with Crippen LogP contribution in [0.2, 0.25) is 0 Å². The number of aromatic nitrogens is 2. The lowest BCUT2D eigenvalue weighted by Crippen LogP contribution is -2.15. The summed E-state index contributed by atoms with van der Waals surface area (Å²) in [5, 5.41) is 14.7. The Balaban J connectivity index is 1.37. The van der Waals surface area contributed by atoms with Gasteiger partial charge in [-0.3, -0.25) is 9.52 Å². The number of thiazole rings is 1. The Morgan fingerprint density at radius 3 is 2.72 bits per heavy atom. The number of nitriles is 1. The van der Waals surface area contributed by atoms with Crippen LogP contribution < -0.4 is 10.0 Å². The molecule has 0 bridgehead atoms. The van der Waals surface area contributed by atoms with Crippen molar-refractivity contribution < 1.29 is 13.2 Å². The summed E-state index contributed by atoms with van der Waals surface area (Å²) >= 11 is 2.41. The minimum Gasteiger partial charge on any atom is -0.325 e. The Kier molecular flexibility index (Phi) is 6.74. The van der Waals surface area contributed by atoms with Crippen LogP contribution in [0.25, 0.3) is 0 Å². The van der Waals surface area contributed by atoms with Crippen molar-refractivity contribution in [2.24, 2.45) is 0 Å². The monoisotopic (exact) mass is 485 g/mol. The van der Waals surface area contributed by atoms with Crippen molar-refractivity contribution in [3.63, 3.8) is 0 Å². The predicted octanol–water partition coefficient (Wildman–Crippen LogP) is 3.82. The number of hydrogen-bond donors (Lipinski definition) is 2. The van der Waals surface area contributed by atoms with Crippen LogP contribution in [0.15, 0.2) is 51.8 Å². The molecule has 2 heterocycles. The standard InChI is InChI=1S/C21H19N5O3S3/c22-12-15-11-14-3-1-2-4-18(14)25-20(15)31-13-19(27)24-16-5-7-17(8-6-16)32(28,29)26-21-23-9-10-30-21/h5-11H,1-4,13H2,(H,23,26)(H,24,27). The molecule has 2 N–H and O–H groups in total. The van der Waals surface area contributed by atoms with Gasteiger partial charge in [0.1, 0.15) is 11.1 Å². The number of rotatable bonds is 7. The Morgan fingerprint density at radius 1 is 1.22 bits per heavy atom. The third kappa shape index (κ3) is 5.27. The van der Waals surface area contributed by atoms with Crippen molar-refractivity contribution in [2.45, 2.75) is 35.6 Å². The highest BCUT2D eigenvalue weighted by atomic mass is 32.2. The van der Waals surface area contributed by atoms with E-state index in [-0.39, 0.29) is 21.7 Å². The number of anilines is 2. The van der Waals surface area contributed by atoms with E-state index in [0.717, 1.165) is 36.9 Å². The molecular formula is C21H19N5O3S3. The molecule has 2 aromatic heterocycles. The molecule has 4 rings (SSSR count). The van der Waals surface area contributed by atoms with Crippen LogP contribution in [0.5, 0.6) is 0 Å². The summed E-state index contributed by atoms with van der Waals surface area (Å²) in [5.41, 5.74) is 3.11. The molecule has 3 aromatic rings. The fraction of sp³-hybridized carbons (Fsp3) is 0.238. The number of benzene rings is 1. The molecule has 0 saturated heterocycles.